The second-order valence-electron chi connectivity index (χ2n) is 1.35. The van der Waals surface area contributed by atoms with Crippen LogP contribution in [-0.4, -0.2) is 29.2 Å². The number of hydrogen-bond acceptors (Lipinski definition) is 2. The predicted octanol–water partition coefficient (Wildman–Crippen LogP) is 0.463. The standard InChI is InChI=1S/C6H9NO.Be/c1-2-7-5-3-4-6-8;/h3-5H2,1H3;/q-2;+2. The molecule has 0 aromatic heterocycles. The van der Waals surface area contributed by atoms with Crippen LogP contribution >= 0.6 is 0 Å². The molecule has 0 aromatic rings. The van der Waals surface area contributed by atoms with E-state index in [4.69, 9.17) is 0 Å². The number of rotatable bonds is 4. The van der Waals surface area contributed by atoms with Crippen molar-refractivity contribution in [3.8, 4) is 0 Å². The molecule has 0 saturated heterocycles. The van der Waals surface area contributed by atoms with E-state index in [0.717, 1.165) is 6.42 Å². The molecule has 0 bridgehead atoms. The molecule has 0 radical (unpaired) electrons. The Balaban J connectivity index is 0. The third kappa shape index (κ3) is 11.2. The minimum Gasteiger partial charge on any atom is -0.542 e. The van der Waals surface area contributed by atoms with Crippen LogP contribution in [0, 0.1) is 0 Å². The molecule has 0 spiro atoms. The second-order valence-corrected chi connectivity index (χ2v) is 1.35. The molecule has 0 heterocycles. The molecule has 0 aliphatic heterocycles. The molecule has 2 nitrogen and oxygen atoms in total. The van der Waals surface area contributed by atoms with Crippen LogP contribution in [0.4, 0.5) is 0 Å². The Kier molecular flexibility index (Phi) is 13.2. The first-order valence-electron chi connectivity index (χ1n) is 2.60. The van der Waals surface area contributed by atoms with Gasteiger partial charge in [-0.15, -0.1) is 0 Å². The fourth-order valence-electron chi connectivity index (χ4n) is 0.342. The maximum absolute atomic E-state index is 9.58. The van der Waals surface area contributed by atoms with Crippen LogP contribution in [0.3, 0.4) is 0 Å². The van der Waals surface area contributed by atoms with Gasteiger partial charge >= 0.3 is 10.1 Å². The van der Waals surface area contributed by atoms with Crippen molar-refractivity contribution in [1.82, 2.24) is 0 Å². The Morgan fingerprint density at radius 3 is 2.67 bits per heavy atom. The smallest absolute Gasteiger partial charge is 0.542 e. The molecule has 0 rings (SSSR count). The molecule has 0 N–H and O–H groups in total. The van der Waals surface area contributed by atoms with E-state index in [1.807, 2.05) is 0 Å². The fraction of sp³-hybridized carbons (Fsp3) is 0.667. The van der Waals surface area contributed by atoms with Gasteiger partial charge in [0.1, 0.15) is 0 Å². The number of carbonyl (C=O) groups excluding carboxylic acids is 1. The van der Waals surface area contributed by atoms with Crippen LogP contribution in [0.15, 0.2) is 4.99 Å². The van der Waals surface area contributed by atoms with Crippen LogP contribution in [0.1, 0.15) is 19.8 Å². The summed E-state index contributed by atoms with van der Waals surface area (Å²) in [6.07, 6.45) is 5.70. The molecular weight excluding hydrogens is 111 g/mol. The molecular formula is C6H9BeNO. The third-order valence-electron chi connectivity index (χ3n) is 0.707. The summed E-state index contributed by atoms with van der Waals surface area (Å²) < 4.78 is 0. The average Bonchev–Trinajstić information content (AvgIpc) is 1.81. The molecule has 0 amide bonds. The summed E-state index contributed by atoms with van der Waals surface area (Å²) in [5, 5.41) is 0. The van der Waals surface area contributed by atoms with Gasteiger partial charge in [-0.2, -0.15) is 13.3 Å². The topological polar surface area (TPSA) is 29.4 Å². The average molecular weight is 120 g/mol. The van der Waals surface area contributed by atoms with E-state index in [2.05, 4.69) is 11.2 Å². The Morgan fingerprint density at radius 2 is 2.22 bits per heavy atom. The van der Waals surface area contributed by atoms with Gasteiger partial charge in [0.2, 0.25) is 0 Å². The molecule has 3 heteroatoms. The Labute approximate surface area is 59.6 Å². The van der Waals surface area contributed by atoms with Gasteiger partial charge in [0, 0.05) is 0 Å². The van der Waals surface area contributed by atoms with Crippen molar-refractivity contribution in [3.63, 3.8) is 0 Å². The Bertz CT molecular complexity index is 83.1. The number of aliphatic imine (C=N–C) groups is 1. The SMILES string of the molecule is C[C-]=NCCC[C-]=O.[Be+2]. The van der Waals surface area contributed by atoms with Gasteiger partial charge in [0.15, 0.2) is 0 Å². The van der Waals surface area contributed by atoms with Crippen LogP contribution in [-0.2, 0) is 4.79 Å². The van der Waals surface area contributed by atoms with Crippen molar-refractivity contribution in [3.05, 3.63) is 0 Å². The molecule has 0 aliphatic carbocycles. The van der Waals surface area contributed by atoms with Gasteiger partial charge < -0.3 is 16.0 Å². The van der Waals surface area contributed by atoms with Gasteiger partial charge in [-0.25, -0.2) is 0 Å². The summed E-state index contributed by atoms with van der Waals surface area (Å²) >= 11 is 0. The van der Waals surface area contributed by atoms with E-state index in [9.17, 15) is 4.79 Å². The van der Waals surface area contributed by atoms with Gasteiger partial charge in [-0.1, -0.05) is 6.42 Å². The van der Waals surface area contributed by atoms with Gasteiger partial charge in [0.25, 0.3) is 0 Å². The van der Waals surface area contributed by atoms with E-state index >= 15 is 0 Å². The van der Waals surface area contributed by atoms with Crippen molar-refractivity contribution >= 4 is 22.6 Å². The molecule has 0 fully saturated rings. The van der Waals surface area contributed by atoms with Crippen LogP contribution < -0.4 is 0 Å². The van der Waals surface area contributed by atoms with E-state index in [1.165, 1.54) is 0 Å². The first kappa shape index (κ1) is 11.3. The summed E-state index contributed by atoms with van der Waals surface area (Å²) in [4.78, 5) is 13.4. The number of unbranched alkanes of at least 4 members (excludes halogenated alkanes) is 1. The van der Waals surface area contributed by atoms with Crippen LogP contribution in [0.2, 0.25) is 0 Å². The summed E-state index contributed by atoms with van der Waals surface area (Å²) in [5.41, 5.74) is 0. The summed E-state index contributed by atoms with van der Waals surface area (Å²) in [7, 11) is 0. The van der Waals surface area contributed by atoms with Crippen LogP contribution in [0.25, 0.3) is 0 Å². The summed E-state index contributed by atoms with van der Waals surface area (Å²) in [6, 6.07) is 0. The second kappa shape index (κ2) is 10.5. The molecule has 46 valence electrons. The minimum absolute atomic E-state index is 0. The van der Waals surface area contributed by atoms with Crippen molar-refractivity contribution < 1.29 is 4.79 Å². The van der Waals surface area contributed by atoms with Crippen molar-refractivity contribution in [2.45, 2.75) is 19.8 Å². The maximum atomic E-state index is 9.58. The quantitative estimate of drug-likeness (QED) is 0.229. The zero-order valence-electron chi connectivity index (χ0n) is 5.68. The first-order chi connectivity index (χ1) is 3.91. The third-order valence-corrected chi connectivity index (χ3v) is 0.707. The van der Waals surface area contributed by atoms with E-state index < -0.39 is 0 Å². The van der Waals surface area contributed by atoms with Crippen molar-refractivity contribution in [1.29, 1.82) is 0 Å². The number of hydrogen-bond donors (Lipinski definition) is 0. The molecule has 0 atom stereocenters. The van der Waals surface area contributed by atoms with Gasteiger partial charge in [0.05, 0.1) is 0 Å². The summed E-state index contributed by atoms with van der Waals surface area (Å²) in [5.74, 6) is 0. The molecule has 0 aromatic carbocycles. The monoisotopic (exact) mass is 120 g/mol. The largest absolute Gasteiger partial charge is 2.00 e. The van der Waals surface area contributed by atoms with E-state index in [0.29, 0.717) is 13.0 Å². The fourth-order valence-corrected chi connectivity index (χ4v) is 0.342. The molecule has 0 aliphatic rings. The first-order valence-corrected chi connectivity index (χ1v) is 2.60. The number of nitrogens with zero attached hydrogens (tertiary/aromatic N) is 1. The minimum atomic E-state index is 0. The Morgan fingerprint density at radius 1 is 1.56 bits per heavy atom. The molecule has 0 saturated carbocycles. The maximum Gasteiger partial charge on any atom is 2.00 e. The van der Waals surface area contributed by atoms with E-state index in [1.54, 1.807) is 13.2 Å². The predicted molar refractivity (Wildman–Crippen MR) is 38.7 cm³/mol. The van der Waals surface area contributed by atoms with E-state index in [-0.39, 0.29) is 10.1 Å². The van der Waals surface area contributed by atoms with Crippen molar-refractivity contribution in [2.75, 3.05) is 6.54 Å². The van der Waals surface area contributed by atoms with Gasteiger partial charge in [-0.05, 0) is 6.54 Å². The van der Waals surface area contributed by atoms with Crippen LogP contribution in [0.5, 0.6) is 0 Å². The molecule has 0 unspecified atom stereocenters. The van der Waals surface area contributed by atoms with Crippen molar-refractivity contribution in [2.24, 2.45) is 4.99 Å². The normalized spacial score (nSPS) is 9.00. The molecule has 9 heavy (non-hydrogen) atoms. The summed E-state index contributed by atoms with van der Waals surface area (Å²) in [6.45, 7) is 2.44. The zero-order chi connectivity index (χ0) is 6.24. The Hall–Kier alpha value is -0.491. The zero-order valence-corrected chi connectivity index (χ0v) is 5.68. The van der Waals surface area contributed by atoms with Gasteiger partial charge in [-0.3, -0.25) is 6.29 Å².